The van der Waals surface area contributed by atoms with Crippen LogP contribution in [0.1, 0.15) is 11.3 Å². The number of benzene rings is 1. The number of thiazole rings is 1. The zero-order valence-corrected chi connectivity index (χ0v) is 12.8. The zero-order chi connectivity index (χ0) is 13.2. The van der Waals surface area contributed by atoms with Gasteiger partial charge in [-0.25, -0.2) is 13.4 Å². The summed E-state index contributed by atoms with van der Waals surface area (Å²) in [6, 6.07) is 7.89. The lowest BCUT2D eigenvalue weighted by molar-refractivity contribution is 0.607. The molecule has 0 unspecified atom stereocenters. The molecule has 0 saturated heterocycles. The summed E-state index contributed by atoms with van der Waals surface area (Å²) in [4.78, 5) is 4.24. The highest BCUT2D eigenvalue weighted by Gasteiger charge is 2.08. The van der Waals surface area contributed by atoms with E-state index in [-0.39, 0.29) is 0 Å². The quantitative estimate of drug-likeness (QED) is 0.925. The molecular formula is C11H11BrN2O2S2. The van der Waals surface area contributed by atoms with Crippen LogP contribution in [0.3, 0.4) is 0 Å². The predicted octanol–water partition coefficient (Wildman–Crippen LogP) is 2.87. The second kappa shape index (κ2) is 5.38. The normalized spacial score (nSPS) is 11.4. The van der Waals surface area contributed by atoms with Crippen molar-refractivity contribution in [2.24, 2.45) is 0 Å². The van der Waals surface area contributed by atoms with Crippen LogP contribution in [0.4, 0.5) is 5.13 Å². The van der Waals surface area contributed by atoms with E-state index in [1.807, 2.05) is 29.6 Å². The summed E-state index contributed by atoms with van der Waals surface area (Å²) in [7, 11) is -3.26. The van der Waals surface area contributed by atoms with Gasteiger partial charge in [-0.05, 0) is 11.6 Å². The van der Waals surface area contributed by atoms with Gasteiger partial charge in [0.2, 0.25) is 10.0 Å². The van der Waals surface area contributed by atoms with Gasteiger partial charge >= 0.3 is 0 Å². The minimum absolute atomic E-state index is 0.402. The third-order valence-corrected chi connectivity index (χ3v) is 4.43. The summed E-state index contributed by atoms with van der Waals surface area (Å²) < 4.78 is 25.5. The molecule has 0 amide bonds. The molecule has 0 fully saturated rings. The van der Waals surface area contributed by atoms with Crippen LogP contribution in [0.2, 0.25) is 0 Å². The van der Waals surface area contributed by atoms with E-state index in [9.17, 15) is 8.42 Å². The van der Waals surface area contributed by atoms with Crippen molar-refractivity contribution in [3.8, 4) is 0 Å². The summed E-state index contributed by atoms with van der Waals surface area (Å²) in [5.41, 5.74) is 1.96. The molecule has 2 aromatic rings. The molecule has 0 aliphatic carbocycles. The van der Waals surface area contributed by atoms with Crippen molar-refractivity contribution in [1.82, 2.24) is 4.98 Å². The van der Waals surface area contributed by atoms with Crippen molar-refractivity contribution in [3.05, 3.63) is 45.4 Å². The Labute approximate surface area is 118 Å². The molecule has 0 saturated carbocycles. The van der Waals surface area contributed by atoms with Gasteiger partial charge in [0, 0.05) is 16.3 Å². The first-order valence-corrected chi connectivity index (χ1v) is 8.66. The minimum atomic E-state index is -3.26. The molecule has 1 aromatic heterocycles. The maximum atomic E-state index is 11.1. The van der Waals surface area contributed by atoms with Gasteiger partial charge in [0.05, 0.1) is 11.9 Å². The van der Waals surface area contributed by atoms with Gasteiger partial charge in [0.15, 0.2) is 5.13 Å². The monoisotopic (exact) mass is 346 g/mol. The number of hydrogen-bond donors (Lipinski definition) is 1. The number of anilines is 1. The second-order valence-electron chi connectivity index (χ2n) is 3.79. The Kier molecular flexibility index (Phi) is 4.04. The van der Waals surface area contributed by atoms with Crippen molar-refractivity contribution >= 4 is 42.4 Å². The van der Waals surface area contributed by atoms with E-state index in [4.69, 9.17) is 0 Å². The molecule has 0 aliphatic rings. The Hall–Kier alpha value is -0.920. The third-order valence-electron chi connectivity index (χ3n) is 2.15. The molecular weight excluding hydrogens is 336 g/mol. The van der Waals surface area contributed by atoms with Crippen molar-refractivity contribution in [2.75, 3.05) is 11.0 Å². The van der Waals surface area contributed by atoms with Crippen LogP contribution in [-0.2, 0) is 16.4 Å². The smallest absolute Gasteiger partial charge is 0.231 e. The standard InChI is InChI=1S/C11H11BrN2O2S2/c1-18(15,16)14-11-13-9(7-17-11)6-8-4-2-3-5-10(8)12/h2-5,7H,6H2,1H3,(H,13,14). The van der Waals surface area contributed by atoms with Crippen molar-refractivity contribution in [3.63, 3.8) is 0 Å². The molecule has 2 rings (SSSR count). The van der Waals surface area contributed by atoms with E-state index in [0.29, 0.717) is 11.6 Å². The first kappa shape index (κ1) is 13.5. The SMILES string of the molecule is CS(=O)(=O)Nc1nc(Cc2ccccc2Br)cs1. The maximum Gasteiger partial charge on any atom is 0.231 e. The fourth-order valence-corrected chi connectivity index (χ4v) is 3.42. The molecule has 1 heterocycles. The van der Waals surface area contributed by atoms with Crippen molar-refractivity contribution in [1.29, 1.82) is 0 Å². The predicted molar refractivity (Wildman–Crippen MR) is 77.5 cm³/mol. The number of aromatic nitrogens is 1. The first-order valence-electron chi connectivity index (χ1n) is 5.09. The fraction of sp³-hybridized carbons (Fsp3) is 0.182. The number of hydrogen-bond acceptors (Lipinski definition) is 4. The molecule has 7 heteroatoms. The molecule has 1 aromatic carbocycles. The molecule has 18 heavy (non-hydrogen) atoms. The minimum Gasteiger partial charge on any atom is -0.259 e. The van der Waals surface area contributed by atoms with E-state index in [1.54, 1.807) is 0 Å². The van der Waals surface area contributed by atoms with E-state index < -0.39 is 10.0 Å². The summed E-state index contributed by atoms with van der Waals surface area (Å²) >= 11 is 4.76. The van der Waals surface area contributed by atoms with E-state index in [1.165, 1.54) is 11.3 Å². The zero-order valence-electron chi connectivity index (χ0n) is 9.55. The molecule has 0 atom stereocenters. The lowest BCUT2D eigenvalue weighted by Gasteiger charge is -2.01. The average molecular weight is 347 g/mol. The van der Waals surface area contributed by atoms with Crippen LogP contribution >= 0.6 is 27.3 Å². The lowest BCUT2D eigenvalue weighted by atomic mass is 10.1. The van der Waals surface area contributed by atoms with Gasteiger partial charge in [0.1, 0.15) is 0 Å². The van der Waals surface area contributed by atoms with Gasteiger partial charge in [0.25, 0.3) is 0 Å². The van der Waals surface area contributed by atoms with Crippen LogP contribution in [0, 0.1) is 0 Å². The Bertz CT molecular complexity index is 653. The van der Waals surface area contributed by atoms with E-state index >= 15 is 0 Å². The number of halogens is 1. The van der Waals surface area contributed by atoms with Gasteiger partial charge in [-0.2, -0.15) is 0 Å². The average Bonchev–Trinajstić information content (AvgIpc) is 2.66. The molecule has 0 radical (unpaired) electrons. The Balaban J connectivity index is 2.14. The molecule has 0 bridgehead atoms. The second-order valence-corrected chi connectivity index (χ2v) is 7.25. The first-order chi connectivity index (χ1) is 8.44. The Morgan fingerprint density at radius 2 is 2.11 bits per heavy atom. The van der Waals surface area contributed by atoms with Crippen LogP contribution in [0.15, 0.2) is 34.1 Å². The number of rotatable bonds is 4. The van der Waals surface area contributed by atoms with Gasteiger partial charge < -0.3 is 0 Å². The Morgan fingerprint density at radius 1 is 1.39 bits per heavy atom. The summed E-state index contributed by atoms with van der Waals surface area (Å²) in [5, 5.41) is 2.26. The van der Waals surface area contributed by atoms with E-state index in [0.717, 1.165) is 22.0 Å². The highest BCUT2D eigenvalue weighted by atomic mass is 79.9. The summed E-state index contributed by atoms with van der Waals surface area (Å²) in [5.74, 6) is 0. The summed E-state index contributed by atoms with van der Waals surface area (Å²) in [6.07, 6.45) is 1.78. The molecule has 1 N–H and O–H groups in total. The third kappa shape index (κ3) is 3.79. The molecule has 0 spiro atoms. The van der Waals surface area contributed by atoms with Crippen molar-refractivity contribution < 1.29 is 8.42 Å². The molecule has 4 nitrogen and oxygen atoms in total. The maximum absolute atomic E-state index is 11.1. The van der Waals surface area contributed by atoms with Crippen LogP contribution in [0.5, 0.6) is 0 Å². The number of nitrogens with one attached hydrogen (secondary N) is 1. The Morgan fingerprint density at radius 3 is 2.78 bits per heavy atom. The topological polar surface area (TPSA) is 59.1 Å². The molecule has 0 aliphatic heterocycles. The van der Waals surface area contributed by atoms with Crippen LogP contribution in [-0.4, -0.2) is 19.7 Å². The highest BCUT2D eigenvalue weighted by Crippen LogP contribution is 2.22. The van der Waals surface area contributed by atoms with Crippen LogP contribution in [0.25, 0.3) is 0 Å². The fourth-order valence-electron chi connectivity index (χ4n) is 1.43. The van der Waals surface area contributed by atoms with Crippen LogP contribution < -0.4 is 4.72 Å². The van der Waals surface area contributed by atoms with Gasteiger partial charge in [-0.3, -0.25) is 4.72 Å². The lowest BCUT2D eigenvalue weighted by Crippen LogP contribution is -2.09. The van der Waals surface area contributed by atoms with Gasteiger partial charge in [-0.15, -0.1) is 11.3 Å². The summed E-state index contributed by atoms with van der Waals surface area (Å²) in [6.45, 7) is 0. The number of sulfonamides is 1. The van der Waals surface area contributed by atoms with E-state index in [2.05, 4.69) is 25.6 Å². The highest BCUT2D eigenvalue weighted by molar-refractivity contribution is 9.10. The largest absolute Gasteiger partial charge is 0.259 e. The molecule has 96 valence electrons. The van der Waals surface area contributed by atoms with Crippen molar-refractivity contribution in [2.45, 2.75) is 6.42 Å². The van der Waals surface area contributed by atoms with Gasteiger partial charge in [-0.1, -0.05) is 34.1 Å². The number of nitrogens with zero attached hydrogens (tertiary/aromatic N) is 1.